The lowest BCUT2D eigenvalue weighted by molar-refractivity contribution is 0.379. The van der Waals surface area contributed by atoms with Gasteiger partial charge in [0.25, 0.3) is 0 Å². The summed E-state index contributed by atoms with van der Waals surface area (Å²) < 4.78 is 10.8. The van der Waals surface area contributed by atoms with Crippen LogP contribution in [0.25, 0.3) is 0 Å². The largest absolute Gasteiger partial charge is 0.493 e. The molecule has 0 amide bonds. The molecule has 0 saturated heterocycles. The first-order chi connectivity index (χ1) is 9.42. The van der Waals surface area contributed by atoms with Crippen LogP contribution in [-0.2, 0) is 0 Å². The van der Waals surface area contributed by atoms with Crippen LogP contribution in [-0.4, -0.2) is 7.11 Å². The van der Waals surface area contributed by atoms with E-state index in [0.29, 0.717) is 43.0 Å². The average Bonchev–Trinajstić information content (AvgIpc) is 2.39. The molecule has 2 aromatic rings. The van der Waals surface area contributed by atoms with Crippen LogP contribution in [0.1, 0.15) is 0 Å². The molecule has 3 nitrogen and oxygen atoms in total. The van der Waals surface area contributed by atoms with Crippen molar-refractivity contribution in [1.82, 2.24) is 0 Å². The zero-order valence-electron chi connectivity index (χ0n) is 10.2. The fourth-order valence-corrected chi connectivity index (χ4v) is 2.13. The fourth-order valence-electron chi connectivity index (χ4n) is 1.50. The molecule has 0 atom stereocenters. The standard InChI is InChI=1S/C13H9Cl4NO2/c1-19-12-4-8(16)9(17)5-13(12)20-11-3-7(15)6(14)2-10(11)18/h2-5H,18H2,1H3. The van der Waals surface area contributed by atoms with Crippen molar-refractivity contribution in [2.45, 2.75) is 0 Å². The predicted octanol–water partition coefficient (Wildman–Crippen LogP) is 5.68. The first-order valence-corrected chi connectivity index (χ1v) is 6.89. The van der Waals surface area contributed by atoms with Gasteiger partial charge in [-0.1, -0.05) is 46.4 Å². The maximum atomic E-state index is 5.96. The van der Waals surface area contributed by atoms with Gasteiger partial charge in [-0.25, -0.2) is 0 Å². The van der Waals surface area contributed by atoms with Gasteiger partial charge in [0.1, 0.15) is 0 Å². The van der Waals surface area contributed by atoms with E-state index < -0.39 is 0 Å². The molecular formula is C13H9Cl4NO2. The summed E-state index contributed by atoms with van der Waals surface area (Å²) in [6.45, 7) is 0. The van der Waals surface area contributed by atoms with E-state index in [-0.39, 0.29) is 0 Å². The second-order valence-corrected chi connectivity index (χ2v) is 5.45. The van der Waals surface area contributed by atoms with Gasteiger partial charge in [0.05, 0.1) is 32.9 Å². The van der Waals surface area contributed by atoms with Gasteiger partial charge in [-0.15, -0.1) is 0 Å². The molecule has 0 fully saturated rings. The summed E-state index contributed by atoms with van der Waals surface area (Å²) in [5.74, 6) is 1.13. The number of hydrogen-bond donors (Lipinski definition) is 1. The first kappa shape index (κ1) is 15.4. The highest BCUT2D eigenvalue weighted by atomic mass is 35.5. The lowest BCUT2D eigenvalue weighted by Crippen LogP contribution is -1.95. The van der Waals surface area contributed by atoms with Gasteiger partial charge in [0.15, 0.2) is 17.2 Å². The number of rotatable bonds is 3. The monoisotopic (exact) mass is 351 g/mol. The third-order valence-corrected chi connectivity index (χ3v) is 3.92. The molecule has 106 valence electrons. The zero-order chi connectivity index (χ0) is 14.9. The van der Waals surface area contributed by atoms with E-state index in [1.54, 1.807) is 6.07 Å². The SMILES string of the molecule is COc1cc(Cl)c(Cl)cc1Oc1cc(Cl)c(Cl)cc1N. The van der Waals surface area contributed by atoms with Crippen LogP contribution >= 0.6 is 46.4 Å². The van der Waals surface area contributed by atoms with Gasteiger partial charge in [-0.05, 0) is 6.07 Å². The molecule has 0 aliphatic carbocycles. The summed E-state index contributed by atoms with van der Waals surface area (Å²) in [5, 5.41) is 1.37. The average molecular weight is 353 g/mol. The number of nitrogen functional groups attached to an aromatic ring is 1. The minimum Gasteiger partial charge on any atom is -0.493 e. The Morgan fingerprint density at radius 3 is 1.75 bits per heavy atom. The second kappa shape index (κ2) is 6.19. The van der Waals surface area contributed by atoms with E-state index in [2.05, 4.69) is 0 Å². The molecule has 0 spiro atoms. The number of methoxy groups -OCH3 is 1. The van der Waals surface area contributed by atoms with Crippen molar-refractivity contribution in [1.29, 1.82) is 0 Å². The number of anilines is 1. The van der Waals surface area contributed by atoms with Gasteiger partial charge in [-0.3, -0.25) is 0 Å². The molecule has 20 heavy (non-hydrogen) atoms. The van der Waals surface area contributed by atoms with E-state index in [9.17, 15) is 0 Å². The maximum absolute atomic E-state index is 5.96. The van der Waals surface area contributed by atoms with Crippen molar-refractivity contribution in [3.8, 4) is 17.2 Å². The van der Waals surface area contributed by atoms with Crippen molar-refractivity contribution in [2.24, 2.45) is 0 Å². The second-order valence-electron chi connectivity index (χ2n) is 3.82. The molecule has 7 heteroatoms. The molecule has 2 rings (SSSR count). The summed E-state index contributed by atoms with van der Waals surface area (Å²) in [4.78, 5) is 0. The van der Waals surface area contributed by atoms with Crippen LogP contribution in [0, 0.1) is 0 Å². The molecule has 0 saturated carbocycles. The molecular weight excluding hydrogens is 344 g/mol. The number of halogens is 4. The van der Waals surface area contributed by atoms with Crippen molar-refractivity contribution >= 4 is 52.1 Å². The predicted molar refractivity (Wildman–Crippen MR) is 84.0 cm³/mol. The third-order valence-electron chi connectivity index (χ3n) is 2.48. The van der Waals surface area contributed by atoms with Crippen molar-refractivity contribution in [3.05, 3.63) is 44.4 Å². The zero-order valence-corrected chi connectivity index (χ0v) is 13.2. The highest BCUT2D eigenvalue weighted by Crippen LogP contribution is 2.41. The molecule has 0 radical (unpaired) electrons. The number of benzene rings is 2. The summed E-state index contributed by atoms with van der Waals surface area (Å²) >= 11 is 23.7. The lowest BCUT2D eigenvalue weighted by Gasteiger charge is -2.13. The molecule has 2 N–H and O–H groups in total. The van der Waals surface area contributed by atoms with Gasteiger partial charge in [0, 0.05) is 18.2 Å². The molecule has 0 bridgehead atoms. The normalized spacial score (nSPS) is 10.4. The van der Waals surface area contributed by atoms with Crippen LogP contribution < -0.4 is 15.2 Å². The molecule has 0 aliphatic heterocycles. The molecule has 2 aromatic carbocycles. The van der Waals surface area contributed by atoms with Gasteiger partial charge >= 0.3 is 0 Å². The van der Waals surface area contributed by atoms with Crippen molar-refractivity contribution in [2.75, 3.05) is 12.8 Å². The fraction of sp³-hybridized carbons (Fsp3) is 0.0769. The van der Waals surface area contributed by atoms with E-state index in [4.69, 9.17) is 61.6 Å². The molecule has 0 aliphatic rings. The van der Waals surface area contributed by atoms with Crippen molar-refractivity contribution < 1.29 is 9.47 Å². The van der Waals surface area contributed by atoms with Gasteiger partial charge in [0.2, 0.25) is 0 Å². The number of nitrogens with two attached hydrogens (primary N) is 1. The Morgan fingerprint density at radius 1 is 0.750 bits per heavy atom. The van der Waals surface area contributed by atoms with E-state index in [1.807, 2.05) is 0 Å². The smallest absolute Gasteiger partial charge is 0.170 e. The Balaban J connectivity index is 2.44. The lowest BCUT2D eigenvalue weighted by atomic mass is 10.3. The van der Waals surface area contributed by atoms with Crippen LogP contribution in [0.3, 0.4) is 0 Å². The maximum Gasteiger partial charge on any atom is 0.170 e. The van der Waals surface area contributed by atoms with Crippen molar-refractivity contribution in [3.63, 3.8) is 0 Å². The summed E-state index contributed by atoms with van der Waals surface area (Å²) in [6.07, 6.45) is 0. The van der Waals surface area contributed by atoms with E-state index in [1.165, 1.54) is 25.3 Å². The third kappa shape index (κ3) is 3.18. The summed E-state index contributed by atoms with van der Waals surface area (Å²) in [6, 6.07) is 6.10. The quantitative estimate of drug-likeness (QED) is 0.722. The molecule has 0 aromatic heterocycles. The Kier molecular flexibility index (Phi) is 4.76. The topological polar surface area (TPSA) is 44.5 Å². The first-order valence-electron chi connectivity index (χ1n) is 5.37. The van der Waals surface area contributed by atoms with Gasteiger partial charge < -0.3 is 15.2 Å². The van der Waals surface area contributed by atoms with Crippen LogP contribution in [0.2, 0.25) is 20.1 Å². The van der Waals surface area contributed by atoms with Crippen LogP contribution in [0.15, 0.2) is 24.3 Å². The van der Waals surface area contributed by atoms with Gasteiger partial charge in [-0.2, -0.15) is 0 Å². The van der Waals surface area contributed by atoms with E-state index in [0.717, 1.165) is 0 Å². The van der Waals surface area contributed by atoms with E-state index >= 15 is 0 Å². The Hall–Kier alpha value is -1.00. The molecule has 0 unspecified atom stereocenters. The van der Waals surface area contributed by atoms with Crippen LogP contribution in [0.4, 0.5) is 5.69 Å². The summed E-state index contributed by atoms with van der Waals surface area (Å²) in [7, 11) is 1.49. The highest BCUT2D eigenvalue weighted by Gasteiger charge is 2.13. The Labute approximate surface area is 136 Å². The Bertz CT molecular complexity index is 661. The number of hydrogen-bond acceptors (Lipinski definition) is 3. The summed E-state index contributed by atoms with van der Waals surface area (Å²) in [5.41, 5.74) is 6.17. The number of ether oxygens (including phenoxy) is 2. The minimum atomic E-state index is 0.329. The van der Waals surface area contributed by atoms with Crippen LogP contribution in [0.5, 0.6) is 17.2 Å². The highest BCUT2D eigenvalue weighted by molar-refractivity contribution is 6.42. The Morgan fingerprint density at radius 2 is 1.20 bits per heavy atom. The molecule has 0 heterocycles. The minimum absolute atomic E-state index is 0.329.